The van der Waals surface area contributed by atoms with Crippen molar-refractivity contribution in [1.29, 1.82) is 0 Å². The lowest BCUT2D eigenvalue weighted by Gasteiger charge is -2.32. The van der Waals surface area contributed by atoms with Crippen LogP contribution in [0.1, 0.15) is 52.9 Å². The Hall–Kier alpha value is -2.45. The van der Waals surface area contributed by atoms with Crippen LogP contribution in [0.15, 0.2) is 24.3 Å². The molecule has 4 rings (SSSR count). The predicted molar refractivity (Wildman–Crippen MR) is 113 cm³/mol. The predicted octanol–water partition coefficient (Wildman–Crippen LogP) is 4.25. The summed E-state index contributed by atoms with van der Waals surface area (Å²) in [5, 5.41) is 26.8. The summed E-state index contributed by atoms with van der Waals surface area (Å²) < 4.78 is 13.2. The van der Waals surface area contributed by atoms with Crippen molar-refractivity contribution in [3.63, 3.8) is 0 Å². The molecule has 2 aromatic rings. The summed E-state index contributed by atoms with van der Waals surface area (Å²) in [7, 11) is 0. The highest BCUT2D eigenvalue weighted by Crippen LogP contribution is 2.41. The van der Waals surface area contributed by atoms with Crippen molar-refractivity contribution in [1.82, 2.24) is 0 Å². The number of carboxylic acid groups (broad SMARTS) is 1. The van der Waals surface area contributed by atoms with E-state index in [4.69, 9.17) is 0 Å². The summed E-state index contributed by atoms with van der Waals surface area (Å²) in [4.78, 5) is 25.8. The number of aliphatic hydroxyl groups is 1. The minimum absolute atomic E-state index is 0.311. The molecule has 1 saturated carbocycles. The van der Waals surface area contributed by atoms with Crippen LogP contribution < -0.4 is 10.6 Å². The first kappa shape index (κ1) is 20.8. The fourth-order valence-corrected chi connectivity index (χ4v) is 5.88. The zero-order valence-corrected chi connectivity index (χ0v) is 17.3. The molecule has 8 heteroatoms. The van der Waals surface area contributed by atoms with Gasteiger partial charge >= 0.3 is 5.97 Å². The molecule has 0 spiro atoms. The maximum Gasteiger partial charge on any atom is 0.306 e. The number of fused-ring (bicyclic) bond motifs is 1. The van der Waals surface area contributed by atoms with Crippen molar-refractivity contribution in [3.8, 4) is 0 Å². The van der Waals surface area contributed by atoms with Gasteiger partial charge in [0.2, 0.25) is 0 Å². The van der Waals surface area contributed by atoms with E-state index in [1.54, 1.807) is 0 Å². The van der Waals surface area contributed by atoms with Crippen molar-refractivity contribution in [2.24, 2.45) is 11.8 Å². The minimum atomic E-state index is -1.04. The molecule has 4 N–H and O–H groups in total. The Balaban J connectivity index is 1.57. The third-order valence-corrected chi connectivity index (χ3v) is 7.29. The van der Waals surface area contributed by atoms with E-state index in [0.29, 0.717) is 29.1 Å². The minimum Gasteiger partial charge on any atom is -0.481 e. The van der Waals surface area contributed by atoms with Gasteiger partial charge in [0.25, 0.3) is 5.91 Å². The number of rotatable bonds is 6. The van der Waals surface area contributed by atoms with Crippen LogP contribution in [0.5, 0.6) is 0 Å². The van der Waals surface area contributed by atoms with Gasteiger partial charge in [0.05, 0.1) is 11.5 Å². The molecule has 1 fully saturated rings. The smallest absolute Gasteiger partial charge is 0.306 e. The number of carbonyl (C=O) groups excluding carboxylic acids is 1. The Labute approximate surface area is 178 Å². The van der Waals surface area contributed by atoms with Gasteiger partial charge in [-0.2, -0.15) is 0 Å². The summed E-state index contributed by atoms with van der Waals surface area (Å²) in [5.41, 5.74) is 1.97. The largest absolute Gasteiger partial charge is 0.481 e. The molecule has 1 amide bonds. The van der Waals surface area contributed by atoms with Gasteiger partial charge in [-0.25, -0.2) is 4.39 Å². The topological polar surface area (TPSA) is 98.7 Å². The summed E-state index contributed by atoms with van der Waals surface area (Å²) >= 11 is 1.45. The van der Waals surface area contributed by atoms with Gasteiger partial charge in [0, 0.05) is 16.5 Å². The Kier molecular flexibility index (Phi) is 6.06. The van der Waals surface area contributed by atoms with E-state index in [2.05, 4.69) is 10.6 Å². The monoisotopic (exact) mass is 432 g/mol. The molecule has 0 radical (unpaired) electrons. The second kappa shape index (κ2) is 8.73. The number of benzene rings is 1. The Morgan fingerprint density at radius 3 is 2.57 bits per heavy atom. The third-order valence-electron chi connectivity index (χ3n) is 6.07. The number of hydrogen-bond donors (Lipinski definition) is 4. The molecule has 2 aliphatic carbocycles. The Morgan fingerprint density at radius 1 is 1.10 bits per heavy atom. The second-order valence-electron chi connectivity index (χ2n) is 8.00. The van der Waals surface area contributed by atoms with Gasteiger partial charge in [-0.3, -0.25) is 9.59 Å². The molecule has 160 valence electrons. The van der Waals surface area contributed by atoms with Gasteiger partial charge in [-0.1, -0.05) is 12.8 Å². The first-order valence-electron chi connectivity index (χ1n) is 10.3. The first-order chi connectivity index (χ1) is 14.4. The van der Waals surface area contributed by atoms with E-state index in [-0.39, 0.29) is 11.7 Å². The summed E-state index contributed by atoms with van der Waals surface area (Å²) in [5.74, 6) is -2.57. The Morgan fingerprint density at radius 2 is 1.83 bits per heavy atom. The molecule has 1 aromatic heterocycles. The number of thiophene rings is 1. The average molecular weight is 433 g/mol. The van der Waals surface area contributed by atoms with Crippen LogP contribution in [0.25, 0.3) is 0 Å². The lowest BCUT2D eigenvalue weighted by Crippen LogP contribution is -2.39. The van der Waals surface area contributed by atoms with Gasteiger partial charge in [0.1, 0.15) is 17.0 Å². The second-order valence-corrected chi connectivity index (χ2v) is 9.11. The molecular weight excluding hydrogens is 407 g/mol. The molecule has 0 aliphatic heterocycles. The van der Waals surface area contributed by atoms with E-state index in [1.165, 1.54) is 35.6 Å². The number of aliphatic carboxylic acids is 1. The number of nitrogens with one attached hydrogen (secondary N) is 2. The van der Waals surface area contributed by atoms with Crippen LogP contribution in [0.4, 0.5) is 15.1 Å². The molecule has 1 aromatic carbocycles. The van der Waals surface area contributed by atoms with Crippen LogP contribution in [0, 0.1) is 17.7 Å². The van der Waals surface area contributed by atoms with Crippen LogP contribution >= 0.6 is 11.3 Å². The number of carboxylic acids is 1. The van der Waals surface area contributed by atoms with E-state index in [1.807, 2.05) is 0 Å². The Bertz CT molecular complexity index is 943. The molecule has 3 atom stereocenters. The molecule has 6 nitrogen and oxygen atoms in total. The molecule has 0 bridgehead atoms. The number of carbonyl (C=O) groups is 2. The van der Waals surface area contributed by atoms with Crippen molar-refractivity contribution >= 4 is 33.9 Å². The average Bonchev–Trinajstić information content (AvgIpc) is 3.30. The van der Waals surface area contributed by atoms with Gasteiger partial charge in [-0.15, -0.1) is 11.3 Å². The van der Waals surface area contributed by atoms with Crippen LogP contribution in [-0.2, 0) is 17.6 Å². The third kappa shape index (κ3) is 4.20. The van der Waals surface area contributed by atoms with Crippen molar-refractivity contribution in [3.05, 3.63) is 46.1 Å². The fourth-order valence-electron chi connectivity index (χ4n) is 4.56. The summed E-state index contributed by atoms with van der Waals surface area (Å²) in [6, 6.07) is 5.57. The van der Waals surface area contributed by atoms with E-state index in [0.717, 1.165) is 42.5 Å². The van der Waals surface area contributed by atoms with Crippen LogP contribution in [0.2, 0.25) is 0 Å². The lowest BCUT2D eigenvalue weighted by atomic mass is 9.78. The van der Waals surface area contributed by atoms with Gasteiger partial charge in [0.15, 0.2) is 0 Å². The first-order valence-corrected chi connectivity index (χ1v) is 11.1. The summed E-state index contributed by atoms with van der Waals surface area (Å²) in [6.07, 6.45) is 4.52. The number of anilines is 2. The number of aliphatic hydroxyl groups excluding tert-OH is 1. The van der Waals surface area contributed by atoms with Crippen LogP contribution in [-0.4, -0.2) is 28.3 Å². The molecule has 1 heterocycles. The van der Waals surface area contributed by atoms with Crippen molar-refractivity contribution < 1.29 is 24.2 Å². The number of aryl methyl sites for hydroxylation is 1. The van der Waals surface area contributed by atoms with Gasteiger partial charge < -0.3 is 20.8 Å². The molecule has 0 saturated heterocycles. The number of halogens is 1. The van der Waals surface area contributed by atoms with Crippen molar-refractivity contribution in [2.45, 2.75) is 51.2 Å². The molecule has 30 heavy (non-hydrogen) atoms. The number of hydrogen-bond acceptors (Lipinski definition) is 5. The van der Waals surface area contributed by atoms with E-state index in [9.17, 15) is 24.2 Å². The van der Waals surface area contributed by atoms with E-state index < -0.39 is 24.0 Å². The zero-order valence-electron chi connectivity index (χ0n) is 16.5. The highest BCUT2D eigenvalue weighted by atomic mass is 32.1. The molecular formula is C22H25FN2O4S. The number of amides is 1. The summed E-state index contributed by atoms with van der Waals surface area (Å²) in [6.45, 7) is 0. The SMILES string of the molecule is O=C(Nc1ccc(F)cc1)c1c(NC(O)C2CCCCC2C(=O)O)sc2c1CCC2. The normalized spacial score (nSPS) is 21.7. The zero-order chi connectivity index (χ0) is 21.3. The standard InChI is InChI=1S/C22H25FN2O4S/c23-12-8-10-13(11-9-12)24-20(27)18-16-6-3-7-17(16)30-21(18)25-19(26)14-4-1-2-5-15(14)22(28)29/h8-11,14-15,19,25-26H,1-7H2,(H,24,27)(H,28,29). The van der Waals surface area contributed by atoms with Crippen molar-refractivity contribution in [2.75, 3.05) is 10.6 Å². The maximum absolute atomic E-state index is 13.2. The molecule has 2 aliphatic rings. The van der Waals surface area contributed by atoms with Gasteiger partial charge in [-0.05, 0) is 61.9 Å². The van der Waals surface area contributed by atoms with E-state index >= 15 is 0 Å². The highest BCUT2D eigenvalue weighted by molar-refractivity contribution is 7.16. The highest BCUT2D eigenvalue weighted by Gasteiger charge is 2.37. The molecule has 3 unspecified atom stereocenters. The maximum atomic E-state index is 13.2. The quantitative estimate of drug-likeness (QED) is 0.512. The lowest BCUT2D eigenvalue weighted by molar-refractivity contribution is -0.146. The fraction of sp³-hybridized carbons (Fsp3) is 0.455. The van der Waals surface area contributed by atoms with Crippen LogP contribution in [0.3, 0.4) is 0 Å².